The first-order chi connectivity index (χ1) is 67.0. The summed E-state index contributed by atoms with van der Waals surface area (Å²) in [6.45, 7) is 28.7. The van der Waals surface area contributed by atoms with Crippen molar-refractivity contribution in [3.05, 3.63) is 479 Å². The molecule has 6 aliphatic carbocycles. The molecule has 0 nitrogen and oxygen atoms in total. The van der Waals surface area contributed by atoms with E-state index in [0.29, 0.717) is 0 Å². The number of fused-ring (bicyclic) bond motifs is 25. The lowest BCUT2D eigenvalue weighted by Gasteiger charge is -2.24. The van der Waals surface area contributed by atoms with Crippen LogP contribution in [0, 0.1) is 0 Å². The summed E-state index contributed by atoms with van der Waals surface area (Å²) in [5.74, 6) is 0. The zero-order valence-electron chi connectivity index (χ0n) is 80.3. The molecule has 0 spiro atoms. The maximum Gasteiger partial charge on any atom is 0.0159 e. The van der Waals surface area contributed by atoms with Crippen LogP contribution in [0.3, 0.4) is 0 Å². The lowest BCUT2D eigenvalue weighted by atomic mass is 9.78. The van der Waals surface area contributed by atoms with E-state index < -0.39 is 0 Å². The molecule has 0 aromatic heterocycles. The highest BCUT2D eigenvalue weighted by molar-refractivity contribution is 6.25. The van der Waals surface area contributed by atoms with Crippen LogP contribution in [-0.4, -0.2) is 0 Å². The molecule has 6 aliphatic rings. The van der Waals surface area contributed by atoms with Gasteiger partial charge in [0.25, 0.3) is 0 Å². The van der Waals surface area contributed by atoms with Crippen molar-refractivity contribution in [1.82, 2.24) is 0 Å². The minimum Gasteiger partial charge on any atom is -0.0619 e. The van der Waals surface area contributed by atoms with Gasteiger partial charge in [-0.3, -0.25) is 0 Å². The average Bonchev–Trinajstić information content (AvgIpc) is 1.38. The second kappa shape index (κ2) is 29.5. The van der Waals surface area contributed by atoms with Gasteiger partial charge < -0.3 is 0 Å². The molecule has 0 amide bonds. The minimum absolute atomic E-state index is 0.0463. The Morgan fingerprint density at radius 1 is 0.109 bits per heavy atom. The van der Waals surface area contributed by atoms with Crippen molar-refractivity contribution in [2.45, 2.75) is 116 Å². The second-order valence-corrected chi connectivity index (χ2v) is 43.2. The fraction of sp³-hybridized carbons (Fsp3) is 0.130. The fourth-order valence-corrected chi connectivity index (χ4v) is 26.5. The molecule has 22 aromatic rings. The van der Waals surface area contributed by atoms with Gasteiger partial charge in [-0.05, 0) is 354 Å². The fourth-order valence-electron chi connectivity index (χ4n) is 26.5. The van der Waals surface area contributed by atoms with Crippen LogP contribution in [0.4, 0.5) is 0 Å². The standard InChI is InChI=1S/C74H58.C64H46/c1-71(2)61-22-14-11-17-49(61)52-31-25-44(38-64(52)71)43-28-36-59-60(37-43)70(48-30-34-54-51-19-13-16-24-63(51)73(5,6)67(54)42-48)58-21-10-9-20-57(58)69(59)47-29-35-56-55-33-27-46(40-66(55)74(7,8)68(56)41-47)45-26-32-53-50-18-12-15-23-62(50)72(3,4)65(53)39-45;1-63(2)57-26-13-11-22-48(57)50-31-28-40(37-59(50)63)39-29-33-54-56(35-39)62(44-30-32-51-49-23-12-14-27-58(49)64(3,4)60(51)38-44)53-25-10-9-24-52(53)61(54)43-18-15-17-41(34-43)55-36-42-16-5-6-19-45(42)46-20-7-8-21-47(46)55/h9-42H,1-8H3;5-38H,1-4H3. The van der Waals surface area contributed by atoms with Crippen LogP contribution >= 0.6 is 0 Å². The maximum atomic E-state index is 2.54. The van der Waals surface area contributed by atoms with Crippen LogP contribution in [0.15, 0.2) is 413 Å². The first-order valence-corrected chi connectivity index (χ1v) is 49.5. The average molecular weight is 1760 g/mol. The Morgan fingerprint density at radius 2 is 0.319 bits per heavy atom. The first kappa shape index (κ1) is 81.9. The molecule has 0 saturated heterocycles. The highest BCUT2D eigenvalue weighted by atomic mass is 14.5. The Balaban J connectivity index is 0.000000141. The number of hydrogen-bond acceptors (Lipinski definition) is 0. The van der Waals surface area contributed by atoms with Crippen molar-refractivity contribution in [2.75, 3.05) is 0 Å². The van der Waals surface area contributed by atoms with Crippen molar-refractivity contribution >= 4 is 64.6 Å². The molecule has 22 aromatic carbocycles. The van der Waals surface area contributed by atoms with E-state index in [0.717, 1.165) is 0 Å². The van der Waals surface area contributed by atoms with Crippen LogP contribution in [0.1, 0.15) is 150 Å². The molecule has 0 N–H and O–H groups in total. The lowest BCUT2D eigenvalue weighted by molar-refractivity contribution is 0.659. The van der Waals surface area contributed by atoms with E-state index >= 15 is 0 Å². The molecular formula is C138H104. The van der Waals surface area contributed by atoms with Crippen molar-refractivity contribution in [1.29, 1.82) is 0 Å². The summed E-state index contributed by atoms with van der Waals surface area (Å²) in [7, 11) is 0. The third-order valence-corrected chi connectivity index (χ3v) is 33.7. The van der Waals surface area contributed by atoms with Gasteiger partial charge in [-0.15, -0.1) is 0 Å². The third-order valence-electron chi connectivity index (χ3n) is 33.7. The number of hydrogen-bond donors (Lipinski definition) is 0. The maximum absolute atomic E-state index is 2.54. The number of rotatable bonds is 8. The largest absolute Gasteiger partial charge is 0.0619 e. The molecule has 28 rings (SSSR count). The van der Waals surface area contributed by atoms with Crippen LogP contribution in [0.2, 0.25) is 0 Å². The smallest absolute Gasteiger partial charge is 0.0159 e. The van der Waals surface area contributed by atoms with E-state index in [1.165, 1.54) is 287 Å². The zero-order valence-corrected chi connectivity index (χ0v) is 80.3. The van der Waals surface area contributed by atoms with E-state index in [1.807, 2.05) is 0 Å². The Kier molecular flexibility index (Phi) is 17.5. The van der Waals surface area contributed by atoms with Gasteiger partial charge in [0, 0.05) is 32.5 Å². The van der Waals surface area contributed by atoms with E-state index in [2.05, 4.69) is 496 Å². The molecule has 138 heavy (non-hydrogen) atoms. The summed E-state index contributed by atoms with van der Waals surface area (Å²) in [5.41, 5.74) is 52.5. The third kappa shape index (κ3) is 11.7. The normalized spacial score (nSPS) is 15.2. The van der Waals surface area contributed by atoms with E-state index in [-0.39, 0.29) is 32.5 Å². The molecule has 0 heterocycles. The van der Waals surface area contributed by atoms with Crippen molar-refractivity contribution in [3.8, 4) is 156 Å². The lowest BCUT2D eigenvalue weighted by Crippen LogP contribution is -2.15. The Hall–Kier alpha value is -15.6. The molecule has 0 heteroatoms. The van der Waals surface area contributed by atoms with Gasteiger partial charge in [-0.1, -0.05) is 429 Å². The predicted molar refractivity (Wildman–Crippen MR) is 587 cm³/mol. The summed E-state index contributed by atoms with van der Waals surface area (Å²) in [5, 5.41) is 15.3. The monoisotopic (exact) mass is 1760 g/mol. The van der Waals surface area contributed by atoms with Crippen molar-refractivity contribution in [3.63, 3.8) is 0 Å². The summed E-state index contributed by atoms with van der Waals surface area (Å²) in [6, 6.07) is 158. The molecule has 0 bridgehead atoms. The molecule has 656 valence electrons. The van der Waals surface area contributed by atoms with Crippen LogP contribution < -0.4 is 0 Å². The summed E-state index contributed by atoms with van der Waals surface area (Å²) in [4.78, 5) is 0. The quantitative estimate of drug-likeness (QED) is 0.105. The topological polar surface area (TPSA) is 0 Å². The van der Waals surface area contributed by atoms with Gasteiger partial charge in [0.05, 0.1) is 0 Å². The molecular weight excluding hydrogens is 1660 g/mol. The van der Waals surface area contributed by atoms with Crippen LogP contribution in [0.5, 0.6) is 0 Å². The Bertz CT molecular complexity index is 9130. The SMILES string of the molecule is CC1(C)c2ccccc2-c2ccc(-c3ccc4c(-c5cccc(-c6cc7ccccc7c7ccccc67)c5)c5ccccc5c(-c5ccc6c(c5)C(C)(C)c5ccccc5-6)c4c3)cc21.CC1(C)c2ccccc2-c2ccc(-c3ccc4c(c3)C(C)(C)c3cc(-c5c6ccccc6c(-c6ccc7c(c6)C(C)(C)c6ccccc6-7)c6cc(-c7ccc8c(c7)C(C)(C)c7ccccc7-8)ccc56)ccc3-4)cc21. The second-order valence-electron chi connectivity index (χ2n) is 43.2. The summed E-state index contributed by atoms with van der Waals surface area (Å²) < 4.78 is 0. The van der Waals surface area contributed by atoms with E-state index in [4.69, 9.17) is 0 Å². The summed E-state index contributed by atoms with van der Waals surface area (Å²) >= 11 is 0. The first-order valence-electron chi connectivity index (χ1n) is 49.5. The van der Waals surface area contributed by atoms with Gasteiger partial charge in [0.1, 0.15) is 0 Å². The van der Waals surface area contributed by atoms with Gasteiger partial charge in [0.15, 0.2) is 0 Å². The Morgan fingerprint density at radius 3 is 0.645 bits per heavy atom. The minimum atomic E-state index is -0.211. The van der Waals surface area contributed by atoms with E-state index in [1.54, 1.807) is 0 Å². The molecule has 0 aliphatic heterocycles. The summed E-state index contributed by atoms with van der Waals surface area (Å²) in [6.07, 6.45) is 0. The van der Waals surface area contributed by atoms with Crippen LogP contribution in [-0.2, 0) is 32.5 Å². The van der Waals surface area contributed by atoms with Crippen molar-refractivity contribution < 1.29 is 0 Å². The Labute approximate surface area is 809 Å². The molecule has 0 unspecified atom stereocenters. The highest BCUT2D eigenvalue weighted by Gasteiger charge is 2.43. The highest BCUT2D eigenvalue weighted by Crippen LogP contribution is 2.60. The number of benzene rings is 22. The zero-order chi connectivity index (χ0) is 93.1. The van der Waals surface area contributed by atoms with Gasteiger partial charge >= 0.3 is 0 Å². The van der Waals surface area contributed by atoms with Gasteiger partial charge in [0.2, 0.25) is 0 Å². The van der Waals surface area contributed by atoms with Gasteiger partial charge in [-0.25, -0.2) is 0 Å². The molecule has 0 fully saturated rings. The molecule has 0 saturated carbocycles. The van der Waals surface area contributed by atoms with E-state index in [9.17, 15) is 0 Å². The van der Waals surface area contributed by atoms with Crippen LogP contribution in [0.25, 0.3) is 220 Å². The molecule has 0 atom stereocenters. The van der Waals surface area contributed by atoms with Gasteiger partial charge in [-0.2, -0.15) is 0 Å². The molecule has 0 radical (unpaired) electrons. The predicted octanol–water partition coefficient (Wildman–Crippen LogP) is 37.5. The van der Waals surface area contributed by atoms with Crippen molar-refractivity contribution in [2.24, 2.45) is 0 Å².